The Morgan fingerprint density at radius 3 is 1.97 bits per heavy atom. The number of aliphatic hydroxyl groups is 2. The summed E-state index contributed by atoms with van der Waals surface area (Å²) in [7, 11) is -7.73. The van der Waals surface area contributed by atoms with Gasteiger partial charge in [-0.05, 0) is 32.6 Å². The van der Waals surface area contributed by atoms with Crippen molar-refractivity contribution >= 4 is 32.2 Å². The fourth-order valence-corrected chi connectivity index (χ4v) is 5.07. The van der Waals surface area contributed by atoms with Gasteiger partial charge in [-0.25, -0.2) is 0 Å². The molecular weight excluding hydrogens is 464 g/mol. The van der Waals surface area contributed by atoms with Gasteiger partial charge in [-0.1, -0.05) is 51.1 Å². The van der Waals surface area contributed by atoms with Gasteiger partial charge in [0.1, 0.15) is 21.6 Å². The lowest BCUT2D eigenvalue weighted by atomic mass is 9.59. The van der Waals surface area contributed by atoms with Crippen LogP contribution in [0.3, 0.4) is 0 Å². The van der Waals surface area contributed by atoms with Crippen molar-refractivity contribution in [2.75, 3.05) is 19.5 Å². The maximum Gasteiger partial charge on any atom is 0.317 e. The van der Waals surface area contributed by atoms with Gasteiger partial charge in [0, 0.05) is 0 Å². The second-order valence-electron chi connectivity index (χ2n) is 10.7. The SMILES string of the molecule is CCOC(=O)[C@]1(C(O)(C#C[Si](C)(C)C)C#C[Si](C)(C)C)CCC[C@@](O)(COS(C)(=O)=O)C1. The Hall–Kier alpha value is -1.15. The largest absolute Gasteiger partial charge is 0.465 e. The van der Waals surface area contributed by atoms with Crippen LogP contribution in [0.15, 0.2) is 0 Å². The molecule has 0 amide bonds. The molecule has 0 unspecified atom stereocenters. The Morgan fingerprint density at radius 1 is 1.06 bits per heavy atom. The van der Waals surface area contributed by atoms with Crippen LogP contribution in [0, 0.1) is 28.3 Å². The van der Waals surface area contributed by atoms with Gasteiger partial charge in [0.2, 0.25) is 5.60 Å². The standard InChI is InChI=1S/C22H38O7SSi2/c1-9-28-19(23)21(12-10-11-20(24,17-21)18-29-30(2,26)27)22(25,13-15-31(3,4)5)14-16-32(6,7)8/h24-25H,9-12,17-18H2,1-8H3/t20-,21-/m0/s1. The molecule has 0 aromatic rings. The number of carbonyl (C=O) groups excluding carboxylic acids is 1. The van der Waals surface area contributed by atoms with Crippen molar-refractivity contribution in [3.8, 4) is 22.9 Å². The molecule has 0 aliphatic heterocycles. The van der Waals surface area contributed by atoms with Crippen molar-refractivity contribution in [1.29, 1.82) is 0 Å². The molecule has 1 rings (SSSR count). The van der Waals surface area contributed by atoms with Gasteiger partial charge in [0.05, 0.1) is 25.1 Å². The number of hydrogen-bond acceptors (Lipinski definition) is 7. The van der Waals surface area contributed by atoms with E-state index in [4.69, 9.17) is 8.92 Å². The first-order valence-corrected chi connectivity index (χ1v) is 19.6. The van der Waals surface area contributed by atoms with E-state index in [1.165, 1.54) is 0 Å². The summed E-state index contributed by atoms with van der Waals surface area (Å²) >= 11 is 0. The summed E-state index contributed by atoms with van der Waals surface area (Å²) in [6.07, 6.45) is 1.37. The average Bonchev–Trinajstić information content (AvgIpc) is 2.61. The fourth-order valence-electron chi connectivity index (χ4n) is 3.52. The Bertz CT molecular complexity index is 894. The third-order valence-corrected chi connectivity index (χ3v) is 7.31. The first-order chi connectivity index (χ1) is 14.3. The van der Waals surface area contributed by atoms with Crippen molar-refractivity contribution in [3.05, 3.63) is 0 Å². The molecule has 7 nitrogen and oxygen atoms in total. The maximum absolute atomic E-state index is 13.3. The summed E-state index contributed by atoms with van der Waals surface area (Å²) in [5.74, 6) is 5.13. The first-order valence-electron chi connectivity index (χ1n) is 10.8. The van der Waals surface area contributed by atoms with Gasteiger partial charge >= 0.3 is 5.97 Å². The Labute approximate surface area is 195 Å². The lowest BCUT2D eigenvalue weighted by Gasteiger charge is -2.47. The van der Waals surface area contributed by atoms with Crippen molar-refractivity contribution in [2.45, 2.75) is 83.1 Å². The maximum atomic E-state index is 13.3. The molecule has 0 heterocycles. The van der Waals surface area contributed by atoms with Crippen molar-refractivity contribution in [1.82, 2.24) is 0 Å². The van der Waals surface area contributed by atoms with Crippen molar-refractivity contribution in [3.63, 3.8) is 0 Å². The van der Waals surface area contributed by atoms with Gasteiger partial charge in [0.25, 0.3) is 10.1 Å². The van der Waals surface area contributed by atoms with Crippen LogP contribution < -0.4 is 0 Å². The Balaban J connectivity index is 3.72. The minimum absolute atomic E-state index is 0.0812. The molecule has 0 radical (unpaired) electrons. The monoisotopic (exact) mass is 502 g/mol. The van der Waals surface area contributed by atoms with Gasteiger partial charge in [0.15, 0.2) is 0 Å². The van der Waals surface area contributed by atoms with E-state index in [1.54, 1.807) is 6.92 Å². The number of esters is 1. The van der Waals surface area contributed by atoms with Gasteiger partial charge in [-0.15, -0.1) is 11.1 Å². The highest BCUT2D eigenvalue weighted by Gasteiger charge is 2.61. The minimum atomic E-state index is -3.81. The first kappa shape index (κ1) is 28.9. The summed E-state index contributed by atoms with van der Waals surface area (Å²) in [4.78, 5) is 13.3. The van der Waals surface area contributed by atoms with E-state index < -0.39 is 55.5 Å². The third kappa shape index (κ3) is 8.33. The van der Waals surface area contributed by atoms with E-state index >= 15 is 0 Å². The van der Waals surface area contributed by atoms with Crippen molar-refractivity contribution < 1.29 is 32.3 Å². The van der Waals surface area contributed by atoms with E-state index in [2.05, 4.69) is 22.9 Å². The van der Waals surface area contributed by atoms with E-state index in [0.717, 1.165) is 6.26 Å². The summed E-state index contributed by atoms with van der Waals surface area (Å²) in [5.41, 5.74) is 0.911. The zero-order valence-corrected chi connectivity index (χ0v) is 23.4. The minimum Gasteiger partial charge on any atom is -0.465 e. The molecule has 1 aliphatic carbocycles. The summed E-state index contributed by atoms with van der Waals surface area (Å²) < 4.78 is 33.3. The number of hydrogen-bond donors (Lipinski definition) is 2. The third-order valence-electron chi connectivity index (χ3n) is 5.01. The lowest BCUT2D eigenvalue weighted by molar-refractivity contribution is -0.181. The van der Waals surface area contributed by atoms with Crippen LogP contribution >= 0.6 is 0 Å². The van der Waals surface area contributed by atoms with E-state index in [9.17, 15) is 23.4 Å². The molecule has 0 spiro atoms. The second kappa shape index (κ2) is 10.0. The quantitative estimate of drug-likeness (QED) is 0.248. The molecule has 1 saturated carbocycles. The molecule has 2 N–H and O–H groups in total. The van der Waals surface area contributed by atoms with E-state index in [-0.39, 0.29) is 25.9 Å². The van der Waals surface area contributed by atoms with E-state index in [1.807, 2.05) is 39.3 Å². The van der Waals surface area contributed by atoms with Crippen LogP contribution in [0.25, 0.3) is 0 Å². The highest BCUT2D eigenvalue weighted by Crippen LogP contribution is 2.49. The van der Waals surface area contributed by atoms with Gasteiger partial charge < -0.3 is 14.9 Å². The lowest BCUT2D eigenvalue weighted by Crippen LogP contribution is -2.59. The topological polar surface area (TPSA) is 110 Å². The van der Waals surface area contributed by atoms with Gasteiger partial charge in [-0.3, -0.25) is 8.98 Å². The molecule has 2 atom stereocenters. The highest BCUT2D eigenvalue weighted by atomic mass is 32.2. The number of ether oxygens (including phenoxy) is 1. The fraction of sp³-hybridized carbons (Fsp3) is 0.773. The average molecular weight is 503 g/mol. The molecule has 1 aliphatic rings. The van der Waals surface area contributed by atoms with Crippen LogP contribution in [0.2, 0.25) is 39.3 Å². The van der Waals surface area contributed by atoms with Crippen LogP contribution in [0.1, 0.15) is 32.6 Å². The predicted octanol–water partition coefficient (Wildman–Crippen LogP) is 2.31. The van der Waals surface area contributed by atoms with Crippen LogP contribution in [-0.4, -0.2) is 71.4 Å². The van der Waals surface area contributed by atoms with Crippen molar-refractivity contribution in [2.24, 2.45) is 5.41 Å². The molecule has 0 aromatic heterocycles. The number of carbonyl (C=O) groups is 1. The molecule has 0 aromatic carbocycles. The highest BCUT2D eigenvalue weighted by molar-refractivity contribution is 7.85. The molecule has 0 bridgehead atoms. The molecule has 10 heteroatoms. The molecule has 0 saturated heterocycles. The Morgan fingerprint density at radius 2 is 1.56 bits per heavy atom. The zero-order valence-electron chi connectivity index (χ0n) is 20.6. The van der Waals surface area contributed by atoms with Crippen LogP contribution in [-0.2, 0) is 23.8 Å². The smallest absolute Gasteiger partial charge is 0.317 e. The predicted molar refractivity (Wildman–Crippen MR) is 130 cm³/mol. The van der Waals surface area contributed by atoms with Crippen LogP contribution in [0.5, 0.6) is 0 Å². The van der Waals surface area contributed by atoms with E-state index in [0.29, 0.717) is 6.42 Å². The number of rotatable bonds is 6. The molecular formula is C22H38O7SSi2. The zero-order chi connectivity index (χ0) is 25.1. The summed E-state index contributed by atoms with van der Waals surface area (Å²) in [5, 5.41) is 23.1. The van der Waals surface area contributed by atoms with Crippen LogP contribution in [0.4, 0.5) is 0 Å². The Kier molecular flexibility index (Phi) is 9.03. The normalized spacial score (nSPS) is 24.6. The summed E-state index contributed by atoms with van der Waals surface area (Å²) in [6, 6.07) is 0. The molecule has 1 fully saturated rings. The second-order valence-corrected chi connectivity index (χ2v) is 21.9. The van der Waals surface area contributed by atoms with Gasteiger partial charge in [-0.2, -0.15) is 8.42 Å². The summed E-state index contributed by atoms with van der Waals surface area (Å²) in [6.45, 7) is 13.3. The molecule has 182 valence electrons. The molecule has 32 heavy (non-hydrogen) atoms.